The molecule has 3 aliphatic rings. The zero-order valence-electron chi connectivity index (χ0n) is 19.2. The van der Waals surface area contributed by atoms with E-state index in [2.05, 4.69) is 29.6 Å². The normalized spacial score (nSPS) is 23.4. The predicted octanol–water partition coefficient (Wildman–Crippen LogP) is 3.10. The average Bonchev–Trinajstić information content (AvgIpc) is 3.45. The van der Waals surface area contributed by atoms with Crippen LogP contribution in [0.5, 0.6) is 0 Å². The van der Waals surface area contributed by atoms with Gasteiger partial charge in [-0.15, -0.1) is 0 Å². The highest BCUT2D eigenvalue weighted by Gasteiger charge is 2.41. The van der Waals surface area contributed by atoms with E-state index in [1.807, 2.05) is 24.3 Å². The van der Waals surface area contributed by atoms with Crippen LogP contribution in [0.25, 0.3) is 11.1 Å². The first kappa shape index (κ1) is 23.7. The van der Waals surface area contributed by atoms with E-state index >= 15 is 0 Å². The number of nitrogens with zero attached hydrogens (tertiary/aromatic N) is 1. The van der Waals surface area contributed by atoms with E-state index < -0.39 is 24.2 Å². The number of rotatable bonds is 6. The van der Waals surface area contributed by atoms with E-state index in [1.165, 1.54) is 0 Å². The summed E-state index contributed by atoms with van der Waals surface area (Å²) in [5.41, 5.74) is 4.57. The van der Waals surface area contributed by atoms with Crippen LogP contribution in [0.3, 0.4) is 0 Å². The van der Waals surface area contributed by atoms with Gasteiger partial charge in [0.15, 0.2) is 6.10 Å². The van der Waals surface area contributed by atoms with E-state index in [-0.39, 0.29) is 30.9 Å². The molecule has 0 radical (unpaired) electrons. The molecule has 0 spiro atoms. The van der Waals surface area contributed by atoms with Crippen molar-refractivity contribution >= 4 is 29.7 Å². The minimum absolute atomic E-state index is 0.0481. The molecule has 9 heteroatoms. The van der Waals surface area contributed by atoms with Crippen LogP contribution in [0.2, 0.25) is 0 Å². The highest BCUT2D eigenvalue weighted by atomic mass is 32.2. The van der Waals surface area contributed by atoms with E-state index in [0.29, 0.717) is 25.3 Å². The summed E-state index contributed by atoms with van der Waals surface area (Å²) < 4.78 is 11.3. The second-order valence-electron chi connectivity index (χ2n) is 9.01. The number of benzene rings is 2. The first-order chi connectivity index (χ1) is 17.0. The smallest absolute Gasteiger partial charge is 0.407 e. The Kier molecular flexibility index (Phi) is 6.97. The van der Waals surface area contributed by atoms with Crippen LogP contribution in [0.4, 0.5) is 4.79 Å². The van der Waals surface area contributed by atoms with Crippen molar-refractivity contribution in [2.24, 2.45) is 0 Å². The van der Waals surface area contributed by atoms with E-state index in [0.717, 1.165) is 28.0 Å². The van der Waals surface area contributed by atoms with Crippen LogP contribution in [0, 0.1) is 0 Å². The Morgan fingerprint density at radius 1 is 1.09 bits per heavy atom. The maximum Gasteiger partial charge on any atom is 0.407 e. The molecule has 1 unspecified atom stereocenters. The molecule has 0 bridgehead atoms. The lowest BCUT2D eigenvalue weighted by atomic mass is 9.98. The largest absolute Gasteiger partial charge is 0.481 e. The summed E-state index contributed by atoms with van der Waals surface area (Å²) in [5.74, 6) is 0.0795. The zero-order valence-corrected chi connectivity index (χ0v) is 20.0. The third-order valence-corrected chi connectivity index (χ3v) is 7.99. The fourth-order valence-electron chi connectivity index (χ4n) is 5.25. The molecule has 0 saturated carbocycles. The summed E-state index contributed by atoms with van der Waals surface area (Å²) in [7, 11) is 0. The van der Waals surface area contributed by atoms with Crippen LogP contribution >= 0.6 is 11.8 Å². The van der Waals surface area contributed by atoms with Crippen molar-refractivity contribution in [3.63, 3.8) is 0 Å². The molecule has 2 amide bonds. The molecule has 5 rings (SSSR count). The van der Waals surface area contributed by atoms with Crippen LogP contribution in [0.15, 0.2) is 48.5 Å². The van der Waals surface area contributed by atoms with Gasteiger partial charge < -0.3 is 24.8 Å². The molecular formula is C26H28N2O6S. The van der Waals surface area contributed by atoms with Crippen LogP contribution in [-0.2, 0) is 19.1 Å². The Labute approximate surface area is 208 Å². The number of carboxylic acid groups (broad SMARTS) is 1. The SMILES string of the molecule is O=C(O)CC1CSCCN1C(=O)[C@H]1OCC[C@H]1NC(=O)OCC1c2ccccc2-c2ccccc21. The van der Waals surface area contributed by atoms with Crippen molar-refractivity contribution in [3.05, 3.63) is 59.7 Å². The van der Waals surface area contributed by atoms with Gasteiger partial charge in [-0.1, -0.05) is 48.5 Å². The van der Waals surface area contributed by atoms with Crippen LogP contribution in [0.1, 0.15) is 29.9 Å². The number of fused-ring (bicyclic) bond motifs is 3. The lowest BCUT2D eigenvalue weighted by Gasteiger charge is -2.36. The third-order valence-electron chi connectivity index (χ3n) is 6.90. The van der Waals surface area contributed by atoms with Crippen molar-refractivity contribution in [1.82, 2.24) is 10.2 Å². The van der Waals surface area contributed by atoms with Crippen molar-refractivity contribution in [3.8, 4) is 11.1 Å². The van der Waals surface area contributed by atoms with Crippen LogP contribution in [-0.4, -0.2) is 77.4 Å². The van der Waals surface area contributed by atoms with Crippen molar-refractivity contribution < 1.29 is 29.0 Å². The standard InChI is InChI=1S/C26H28N2O6S/c29-23(30)13-16-15-35-12-10-28(16)25(31)24-22(9-11-33-24)27-26(32)34-14-21-19-7-3-1-5-17(19)18-6-2-4-8-20(18)21/h1-8,16,21-22,24H,9-15H2,(H,27,32)(H,29,30)/t16?,22-,24+/m1/s1. The van der Waals surface area contributed by atoms with Crippen molar-refractivity contribution in [1.29, 1.82) is 0 Å². The number of alkyl carbamates (subject to hydrolysis) is 1. The Balaban J connectivity index is 1.22. The van der Waals surface area contributed by atoms with Gasteiger partial charge in [-0.3, -0.25) is 9.59 Å². The second kappa shape index (κ2) is 10.3. The maximum atomic E-state index is 13.2. The highest BCUT2D eigenvalue weighted by Crippen LogP contribution is 2.44. The highest BCUT2D eigenvalue weighted by molar-refractivity contribution is 7.99. The van der Waals surface area contributed by atoms with Gasteiger partial charge in [-0.25, -0.2) is 4.79 Å². The van der Waals surface area contributed by atoms with Crippen molar-refractivity contribution in [2.75, 3.05) is 31.3 Å². The van der Waals surface area contributed by atoms with Gasteiger partial charge in [0, 0.05) is 30.6 Å². The summed E-state index contributed by atoms with van der Waals surface area (Å²) in [6.45, 7) is 1.01. The number of carbonyl (C=O) groups is 3. The number of ether oxygens (including phenoxy) is 2. The summed E-state index contributed by atoms with van der Waals surface area (Å²) in [4.78, 5) is 38.8. The molecule has 8 nitrogen and oxygen atoms in total. The fourth-order valence-corrected chi connectivity index (χ4v) is 6.31. The molecule has 2 saturated heterocycles. The van der Waals surface area contributed by atoms with E-state index in [4.69, 9.17) is 9.47 Å². The Morgan fingerprint density at radius 2 is 1.77 bits per heavy atom. The molecule has 3 atom stereocenters. The van der Waals surface area contributed by atoms with E-state index in [9.17, 15) is 19.5 Å². The fraction of sp³-hybridized carbons (Fsp3) is 0.423. The van der Waals surface area contributed by atoms with Crippen molar-refractivity contribution in [2.45, 2.75) is 36.9 Å². The molecular weight excluding hydrogens is 468 g/mol. The first-order valence-corrected chi connectivity index (χ1v) is 13.0. The van der Waals surface area contributed by atoms with E-state index in [1.54, 1.807) is 16.7 Å². The zero-order chi connectivity index (χ0) is 24.4. The van der Waals surface area contributed by atoms with Gasteiger partial charge in [0.1, 0.15) is 6.61 Å². The number of carboxylic acids is 1. The van der Waals surface area contributed by atoms with Gasteiger partial charge in [-0.05, 0) is 28.7 Å². The molecule has 35 heavy (non-hydrogen) atoms. The molecule has 2 N–H and O–H groups in total. The third kappa shape index (κ3) is 4.88. The number of carbonyl (C=O) groups excluding carboxylic acids is 2. The number of hydrogen-bond donors (Lipinski definition) is 2. The average molecular weight is 497 g/mol. The summed E-state index contributed by atoms with van der Waals surface area (Å²) in [5, 5.41) is 12.0. The number of thioether (sulfide) groups is 1. The quantitative estimate of drug-likeness (QED) is 0.633. The molecule has 2 heterocycles. The Hall–Kier alpha value is -3.04. The lowest BCUT2D eigenvalue weighted by molar-refractivity contribution is -0.146. The molecule has 0 aromatic heterocycles. The summed E-state index contributed by atoms with van der Waals surface area (Å²) >= 11 is 1.64. The number of hydrogen-bond acceptors (Lipinski definition) is 6. The Bertz CT molecular complexity index is 1080. The van der Waals surface area contributed by atoms with Gasteiger partial charge in [0.05, 0.1) is 18.5 Å². The van der Waals surface area contributed by atoms with Gasteiger partial charge in [0.2, 0.25) is 0 Å². The van der Waals surface area contributed by atoms with Crippen LogP contribution < -0.4 is 5.32 Å². The molecule has 2 aromatic rings. The molecule has 2 aliphatic heterocycles. The monoisotopic (exact) mass is 496 g/mol. The lowest BCUT2D eigenvalue weighted by Crippen LogP contribution is -2.55. The maximum absolute atomic E-state index is 13.2. The number of amides is 2. The summed E-state index contributed by atoms with van der Waals surface area (Å²) in [6.07, 6.45) is -1.03. The van der Waals surface area contributed by atoms with Gasteiger partial charge in [0.25, 0.3) is 5.91 Å². The minimum atomic E-state index is -0.934. The second-order valence-corrected chi connectivity index (χ2v) is 10.2. The minimum Gasteiger partial charge on any atom is -0.481 e. The molecule has 1 aliphatic carbocycles. The number of aliphatic carboxylic acids is 1. The van der Waals surface area contributed by atoms with Gasteiger partial charge in [-0.2, -0.15) is 11.8 Å². The molecule has 2 aromatic carbocycles. The van der Waals surface area contributed by atoms with Gasteiger partial charge >= 0.3 is 12.1 Å². The predicted molar refractivity (Wildman–Crippen MR) is 131 cm³/mol. The summed E-state index contributed by atoms with van der Waals surface area (Å²) in [6, 6.07) is 15.4. The topological polar surface area (TPSA) is 105 Å². The molecule has 2 fully saturated rings. The molecule has 184 valence electrons. The Morgan fingerprint density at radius 3 is 2.46 bits per heavy atom. The number of nitrogens with one attached hydrogen (secondary N) is 1. The first-order valence-electron chi connectivity index (χ1n) is 11.9.